The fourth-order valence-electron chi connectivity index (χ4n) is 1.93. The molecule has 1 heterocycles. The number of rotatable bonds is 4. The summed E-state index contributed by atoms with van der Waals surface area (Å²) < 4.78 is 0. The maximum Gasteiger partial charge on any atom is 0.222 e. The molecule has 1 rings (SSSR count). The number of nitrogens with zero attached hydrogens (tertiary/aromatic N) is 1. The highest BCUT2D eigenvalue weighted by atomic mass is 16.3. The van der Waals surface area contributed by atoms with Crippen molar-refractivity contribution in [2.75, 3.05) is 19.6 Å². The number of hydrogen-bond acceptors (Lipinski definition) is 3. The Morgan fingerprint density at radius 2 is 2.33 bits per heavy atom. The van der Waals surface area contributed by atoms with Gasteiger partial charge in [-0.3, -0.25) is 4.79 Å². The summed E-state index contributed by atoms with van der Waals surface area (Å²) in [5, 5.41) is 9.74. The molecular formula is C11H22N2O2. The Morgan fingerprint density at radius 3 is 2.73 bits per heavy atom. The zero-order valence-electron chi connectivity index (χ0n) is 9.70. The third-order valence-corrected chi connectivity index (χ3v) is 3.18. The molecule has 1 fully saturated rings. The molecule has 1 amide bonds. The SMILES string of the molecule is CCC(CN)CC(=O)N1CCC(C)(O)C1. The third-order valence-electron chi connectivity index (χ3n) is 3.18. The van der Waals surface area contributed by atoms with Gasteiger partial charge >= 0.3 is 0 Å². The first-order chi connectivity index (χ1) is 6.98. The van der Waals surface area contributed by atoms with E-state index in [4.69, 9.17) is 5.73 Å². The number of hydrogen-bond donors (Lipinski definition) is 2. The van der Waals surface area contributed by atoms with Crippen molar-refractivity contribution in [2.24, 2.45) is 11.7 Å². The number of aliphatic hydroxyl groups is 1. The van der Waals surface area contributed by atoms with Crippen LogP contribution in [-0.4, -0.2) is 41.1 Å². The predicted octanol–water partition coefficient (Wildman–Crippen LogP) is 0.345. The van der Waals surface area contributed by atoms with E-state index in [0.29, 0.717) is 32.5 Å². The van der Waals surface area contributed by atoms with Gasteiger partial charge in [0, 0.05) is 19.5 Å². The monoisotopic (exact) mass is 214 g/mol. The summed E-state index contributed by atoms with van der Waals surface area (Å²) in [6.07, 6.45) is 2.13. The van der Waals surface area contributed by atoms with E-state index in [0.717, 1.165) is 6.42 Å². The minimum absolute atomic E-state index is 0.130. The van der Waals surface area contributed by atoms with E-state index < -0.39 is 5.60 Å². The number of carbonyl (C=O) groups is 1. The number of amides is 1. The topological polar surface area (TPSA) is 66.6 Å². The van der Waals surface area contributed by atoms with Gasteiger partial charge in [-0.15, -0.1) is 0 Å². The van der Waals surface area contributed by atoms with Gasteiger partial charge in [-0.1, -0.05) is 13.3 Å². The summed E-state index contributed by atoms with van der Waals surface area (Å²) in [5.41, 5.74) is 4.87. The van der Waals surface area contributed by atoms with Gasteiger partial charge in [0.2, 0.25) is 5.91 Å². The van der Waals surface area contributed by atoms with Gasteiger partial charge in [0.15, 0.2) is 0 Å². The number of nitrogens with two attached hydrogens (primary N) is 1. The Hall–Kier alpha value is -0.610. The van der Waals surface area contributed by atoms with Crippen LogP contribution in [0.3, 0.4) is 0 Å². The van der Waals surface area contributed by atoms with Crippen LogP contribution in [0.5, 0.6) is 0 Å². The molecule has 1 aliphatic heterocycles. The highest BCUT2D eigenvalue weighted by molar-refractivity contribution is 5.76. The van der Waals surface area contributed by atoms with Crippen molar-refractivity contribution in [1.82, 2.24) is 4.90 Å². The smallest absolute Gasteiger partial charge is 0.222 e. The fraction of sp³-hybridized carbons (Fsp3) is 0.909. The van der Waals surface area contributed by atoms with Crippen LogP contribution in [0.2, 0.25) is 0 Å². The van der Waals surface area contributed by atoms with Crippen molar-refractivity contribution >= 4 is 5.91 Å². The van der Waals surface area contributed by atoms with Crippen molar-refractivity contribution in [3.8, 4) is 0 Å². The van der Waals surface area contributed by atoms with Gasteiger partial charge in [0.1, 0.15) is 0 Å². The molecule has 4 nitrogen and oxygen atoms in total. The first kappa shape index (κ1) is 12.5. The van der Waals surface area contributed by atoms with E-state index in [1.165, 1.54) is 0 Å². The Bertz CT molecular complexity index is 225. The average molecular weight is 214 g/mol. The molecule has 88 valence electrons. The molecule has 0 aromatic carbocycles. The molecule has 0 radical (unpaired) electrons. The van der Waals surface area contributed by atoms with Gasteiger partial charge in [-0.05, 0) is 25.8 Å². The Morgan fingerprint density at radius 1 is 1.67 bits per heavy atom. The highest BCUT2D eigenvalue weighted by Gasteiger charge is 2.34. The molecule has 1 saturated heterocycles. The second kappa shape index (κ2) is 4.94. The van der Waals surface area contributed by atoms with Gasteiger partial charge in [-0.25, -0.2) is 0 Å². The van der Waals surface area contributed by atoms with Crippen LogP contribution in [-0.2, 0) is 4.79 Å². The van der Waals surface area contributed by atoms with E-state index >= 15 is 0 Å². The first-order valence-electron chi connectivity index (χ1n) is 5.68. The fourth-order valence-corrected chi connectivity index (χ4v) is 1.93. The first-order valence-corrected chi connectivity index (χ1v) is 5.68. The lowest BCUT2D eigenvalue weighted by atomic mass is 10.0. The molecule has 0 saturated carbocycles. The van der Waals surface area contributed by atoms with E-state index in [2.05, 4.69) is 0 Å². The molecular weight excluding hydrogens is 192 g/mol. The molecule has 1 aliphatic rings. The van der Waals surface area contributed by atoms with Crippen LogP contribution in [0.25, 0.3) is 0 Å². The van der Waals surface area contributed by atoms with Crippen molar-refractivity contribution in [3.63, 3.8) is 0 Å². The average Bonchev–Trinajstić information content (AvgIpc) is 2.55. The van der Waals surface area contributed by atoms with Crippen LogP contribution in [0.1, 0.15) is 33.1 Å². The second-order valence-electron chi connectivity index (χ2n) is 4.78. The summed E-state index contributed by atoms with van der Waals surface area (Å²) in [6.45, 7) is 5.53. The third kappa shape index (κ3) is 3.47. The van der Waals surface area contributed by atoms with Crippen molar-refractivity contribution in [3.05, 3.63) is 0 Å². The van der Waals surface area contributed by atoms with Crippen LogP contribution in [0.15, 0.2) is 0 Å². The lowest BCUT2D eigenvalue weighted by molar-refractivity contribution is -0.132. The molecule has 0 spiro atoms. The summed E-state index contributed by atoms with van der Waals surface area (Å²) in [4.78, 5) is 13.6. The Labute approximate surface area is 91.4 Å². The van der Waals surface area contributed by atoms with Crippen LogP contribution < -0.4 is 5.73 Å². The minimum atomic E-state index is -0.694. The Kier molecular flexibility index (Phi) is 4.11. The van der Waals surface area contributed by atoms with Crippen molar-refractivity contribution in [1.29, 1.82) is 0 Å². The minimum Gasteiger partial charge on any atom is -0.388 e. The molecule has 0 aromatic heterocycles. The largest absolute Gasteiger partial charge is 0.388 e. The van der Waals surface area contributed by atoms with Crippen molar-refractivity contribution in [2.45, 2.75) is 38.7 Å². The van der Waals surface area contributed by atoms with Crippen molar-refractivity contribution < 1.29 is 9.90 Å². The van der Waals surface area contributed by atoms with E-state index in [-0.39, 0.29) is 11.8 Å². The molecule has 2 atom stereocenters. The lowest BCUT2D eigenvalue weighted by Crippen LogP contribution is -2.35. The normalized spacial score (nSPS) is 28.1. The molecule has 15 heavy (non-hydrogen) atoms. The number of carbonyl (C=O) groups excluding carboxylic acids is 1. The van der Waals surface area contributed by atoms with E-state index in [9.17, 15) is 9.90 Å². The number of β-amino-alcohol motifs (C(OH)–C–C–N with tert-alkyl or cyclic N) is 1. The van der Waals surface area contributed by atoms with Crippen LogP contribution in [0.4, 0.5) is 0 Å². The van der Waals surface area contributed by atoms with Gasteiger partial charge in [0.25, 0.3) is 0 Å². The second-order valence-corrected chi connectivity index (χ2v) is 4.78. The zero-order chi connectivity index (χ0) is 11.5. The Balaban J connectivity index is 2.42. The van der Waals surface area contributed by atoms with E-state index in [1.54, 1.807) is 11.8 Å². The molecule has 0 aromatic rings. The number of likely N-dealkylation sites (tertiary alicyclic amines) is 1. The zero-order valence-corrected chi connectivity index (χ0v) is 9.70. The van der Waals surface area contributed by atoms with E-state index in [1.807, 2.05) is 6.92 Å². The van der Waals surface area contributed by atoms with Gasteiger partial charge < -0.3 is 15.7 Å². The standard InChI is InChI=1S/C11H22N2O2/c1-3-9(7-12)6-10(14)13-5-4-11(2,15)8-13/h9,15H,3-8,12H2,1-2H3. The molecule has 0 bridgehead atoms. The van der Waals surface area contributed by atoms with Crippen LogP contribution in [0, 0.1) is 5.92 Å². The molecule has 0 aliphatic carbocycles. The molecule has 4 heteroatoms. The molecule has 3 N–H and O–H groups in total. The summed E-state index contributed by atoms with van der Waals surface area (Å²) >= 11 is 0. The molecule has 2 unspecified atom stereocenters. The summed E-state index contributed by atoms with van der Waals surface area (Å²) in [6, 6.07) is 0. The lowest BCUT2D eigenvalue weighted by Gasteiger charge is -2.21. The maximum atomic E-state index is 11.8. The predicted molar refractivity (Wildman–Crippen MR) is 59.3 cm³/mol. The van der Waals surface area contributed by atoms with Gasteiger partial charge in [0.05, 0.1) is 5.60 Å². The van der Waals surface area contributed by atoms with Crippen LogP contribution >= 0.6 is 0 Å². The summed E-state index contributed by atoms with van der Waals surface area (Å²) in [5.74, 6) is 0.410. The quantitative estimate of drug-likeness (QED) is 0.709. The summed E-state index contributed by atoms with van der Waals surface area (Å²) in [7, 11) is 0. The highest BCUT2D eigenvalue weighted by Crippen LogP contribution is 2.22. The maximum absolute atomic E-state index is 11.8. The van der Waals surface area contributed by atoms with Gasteiger partial charge in [-0.2, -0.15) is 0 Å².